The average molecular weight is 464 g/mol. The van der Waals surface area contributed by atoms with Gasteiger partial charge in [0.05, 0.1) is 16.3 Å². The maximum atomic E-state index is 12.3. The van der Waals surface area contributed by atoms with Crippen LogP contribution in [0.2, 0.25) is 5.02 Å². The van der Waals surface area contributed by atoms with Crippen molar-refractivity contribution >= 4 is 40.8 Å². The van der Waals surface area contributed by atoms with Gasteiger partial charge in [-0.3, -0.25) is 9.59 Å². The highest BCUT2D eigenvalue weighted by Crippen LogP contribution is 2.20. The monoisotopic (exact) mass is 463 g/mol. The van der Waals surface area contributed by atoms with Gasteiger partial charge in [-0.1, -0.05) is 41.9 Å². The number of hydrazone groups is 1. The number of hydrogen-bond donors (Lipinski definition) is 2. The molecule has 0 aliphatic heterocycles. The van der Waals surface area contributed by atoms with Crippen LogP contribution in [-0.4, -0.2) is 23.5 Å². The SMILES string of the molecule is C/C(=N\NC(=O)C(=O)Nc1c(C)cccc1C)c1ccc(OC(=O)c2ccccc2Cl)cc1. The van der Waals surface area contributed by atoms with Crippen LogP contribution in [0.1, 0.15) is 34.0 Å². The number of hydrogen-bond acceptors (Lipinski definition) is 5. The molecule has 3 aromatic carbocycles. The quantitative estimate of drug-likeness (QED) is 0.189. The van der Waals surface area contributed by atoms with E-state index in [2.05, 4.69) is 15.8 Å². The topological polar surface area (TPSA) is 96.9 Å². The Kier molecular flexibility index (Phi) is 7.58. The highest BCUT2D eigenvalue weighted by atomic mass is 35.5. The number of nitrogens with one attached hydrogen (secondary N) is 2. The maximum absolute atomic E-state index is 12.3. The molecule has 0 aliphatic rings. The van der Waals surface area contributed by atoms with Gasteiger partial charge in [0.15, 0.2) is 0 Å². The molecule has 0 radical (unpaired) electrons. The first-order chi connectivity index (χ1) is 15.8. The predicted molar refractivity (Wildman–Crippen MR) is 128 cm³/mol. The van der Waals surface area contributed by atoms with Crippen molar-refractivity contribution in [3.63, 3.8) is 0 Å². The van der Waals surface area contributed by atoms with Crippen molar-refractivity contribution in [1.29, 1.82) is 0 Å². The lowest BCUT2D eigenvalue weighted by Gasteiger charge is -2.10. The maximum Gasteiger partial charge on any atom is 0.345 e. The Labute approximate surface area is 196 Å². The number of amides is 2. The summed E-state index contributed by atoms with van der Waals surface area (Å²) >= 11 is 6.02. The summed E-state index contributed by atoms with van der Waals surface area (Å²) in [5.74, 6) is -1.94. The van der Waals surface area contributed by atoms with E-state index in [9.17, 15) is 14.4 Å². The molecule has 3 rings (SSSR count). The second kappa shape index (κ2) is 10.6. The van der Waals surface area contributed by atoms with Gasteiger partial charge in [0.25, 0.3) is 0 Å². The summed E-state index contributed by atoms with van der Waals surface area (Å²) in [6, 6.07) is 18.7. The number of aryl methyl sites for hydroxylation is 2. The molecule has 0 atom stereocenters. The van der Waals surface area contributed by atoms with Crippen LogP contribution in [-0.2, 0) is 9.59 Å². The van der Waals surface area contributed by atoms with Crippen LogP contribution in [0.15, 0.2) is 71.8 Å². The summed E-state index contributed by atoms with van der Waals surface area (Å²) in [7, 11) is 0. The molecule has 7 nitrogen and oxygen atoms in total. The fourth-order valence-electron chi connectivity index (χ4n) is 2.98. The van der Waals surface area contributed by atoms with Crippen molar-refractivity contribution in [3.8, 4) is 5.75 Å². The Bertz CT molecular complexity index is 1220. The van der Waals surface area contributed by atoms with E-state index in [1.807, 2.05) is 32.0 Å². The number of nitrogens with zero attached hydrogens (tertiary/aromatic N) is 1. The van der Waals surface area contributed by atoms with Crippen molar-refractivity contribution < 1.29 is 19.1 Å². The van der Waals surface area contributed by atoms with Crippen LogP contribution in [0.4, 0.5) is 5.69 Å². The molecule has 0 fully saturated rings. The van der Waals surface area contributed by atoms with Crippen LogP contribution in [0.25, 0.3) is 0 Å². The summed E-state index contributed by atoms with van der Waals surface area (Å²) in [5.41, 5.74) is 5.96. The van der Waals surface area contributed by atoms with Gasteiger partial charge in [0.2, 0.25) is 0 Å². The number of carbonyl (C=O) groups is 3. The summed E-state index contributed by atoms with van der Waals surface area (Å²) in [5, 5.41) is 6.89. The highest BCUT2D eigenvalue weighted by Gasteiger charge is 2.16. The van der Waals surface area contributed by atoms with Crippen LogP contribution < -0.4 is 15.5 Å². The lowest BCUT2D eigenvalue weighted by Crippen LogP contribution is -2.33. The van der Waals surface area contributed by atoms with Crippen molar-refractivity contribution in [2.75, 3.05) is 5.32 Å². The smallest absolute Gasteiger partial charge is 0.345 e. The summed E-state index contributed by atoms with van der Waals surface area (Å²) in [6.07, 6.45) is 0. The molecule has 0 saturated heterocycles. The number of ether oxygens (including phenoxy) is 1. The Morgan fingerprint density at radius 3 is 2.12 bits per heavy atom. The molecule has 0 heterocycles. The van der Waals surface area contributed by atoms with E-state index in [-0.39, 0.29) is 5.56 Å². The first-order valence-corrected chi connectivity index (χ1v) is 10.4. The van der Waals surface area contributed by atoms with Gasteiger partial charge in [-0.25, -0.2) is 10.2 Å². The summed E-state index contributed by atoms with van der Waals surface area (Å²) < 4.78 is 5.34. The number of para-hydroxylation sites is 1. The minimum Gasteiger partial charge on any atom is -0.423 e. The molecule has 0 spiro atoms. The molecule has 33 heavy (non-hydrogen) atoms. The molecule has 0 aromatic heterocycles. The first-order valence-electron chi connectivity index (χ1n) is 10.0. The third-order valence-corrected chi connectivity index (χ3v) is 5.16. The lowest BCUT2D eigenvalue weighted by molar-refractivity contribution is -0.136. The van der Waals surface area contributed by atoms with Gasteiger partial charge in [-0.15, -0.1) is 0 Å². The Morgan fingerprint density at radius 2 is 1.48 bits per heavy atom. The minimum absolute atomic E-state index is 0.267. The number of anilines is 1. The minimum atomic E-state index is -0.887. The third-order valence-electron chi connectivity index (χ3n) is 4.83. The van der Waals surface area contributed by atoms with Crippen LogP contribution >= 0.6 is 11.6 Å². The van der Waals surface area contributed by atoms with E-state index in [0.29, 0.717) is 27.7 Å². The largest absolute Gasteiger partial charge is 0.423 e. The molecular weight excluding hydrogens is 442 g/mol. The van der Waals surface area contributed by atoms with E-state index < -0.39 is 17.8 Å². The number of halogens is 1. The van der Waals surface area contributed by atoms with Crippen LogP contribution in [0.5, 0.6) is 5.75 Å². The predicted octanol–water partition coefficient (Wildman–Crippen LogP) is 4.65. The zero-order chi connectivity index (χ0) is 24.0. The summed E-state index contributed by atoms with van der Waals surface area (Å²) in [6.45, 7) is 5.37. The first kappa shape index (κ1) is 23.7. The molecule has 2 N–H and O–H groups in total. The average Bonchev–Trinajstić information content (AvgIpc) is 2.80. The summed E-state index contributed by atoms with van der Waals surface area (Å²) in [4.78, 5) is 36.6. The van der Waals surface area contributed by atoms with E-state index in [1.165, 1.54) is 0 Å². The molecule has 2 amide bonds. The molecule has 0 aliphatic carbocycles. The van der Waals surface area contributed by atoms with E-state index in [0.717, 1.165) is 11.1 Å². The van der Waals surface area contributed by atoms with E-state index >= 15 is 0 Å². The highest BCUT2D eigenvalue weighted by molar-refractivity contribution is 6.39. The standard InChI is InChI=1S/C25H22ClN3O4/c1-15-7-6-8-16(2)22(15)27-23(30)24(31)29-28-17(3)18-11-13-19(14-12-18)33-25(32)20-9-4-5-10-21(20)26/h4-14H,1-3H3,(H,27,30)(H,29,31)/b28-17+. The zero-order valence-electron chi connectivity index (χ0n) is 18.3. The van der Waals surface area contributed by atoms with Gasteiger partial charge in [-0.2, -0.15) is 5.10 Å². The number of benzene rings is 3. The molecular formula is C25H22ClN3O4. The van der Waals surface area contributed by atoms with Gasteiger partial charge in [0.1, 0.15) is 5.75 Å². The van der Waals surface area contributed by atoms with Crippen molar-refractivity contribution in [1.82, 2.24) is 5.43 Å². The molecule has 168 valence electrons. The van der Waals surface area contributed by atoms with E-state index in [4.69, 9.17) is 16.3 Å². The molecule has 3 aromatic rings. The fraction of sp³-hybridized carbons (Fsp3) is 0.120. The molecule has 8 heteroatoms. The second-order valence-corrected chi connectivity index (χ2v) is 7.66. The van der Waals surface area contributed by atoms with Crippen molar-refractivity contribution in [2.45, 2.75) is 20.8 Å². The zero-order valence-corrected chi connectivity index (χ0v) is 19.1. The van der Waals surface area contributed by atoms with E-state index in [1.54, 1.807) is 55.5 Å². The Hall–Kier alpha value is -3.97. The Morgan fingerprint density at radius 1 is 0.848 bits per heavy atom. The van der Waals surface area contributed by atoms with Gasteiger partial charge in [0, 0.05) is 5.69 Å². The number of rotatable bonds is 5. The second-order valence-electron chi connectivity index (χ2n) is 7.25. The van der Waals surface area contributed by atoms with Crippen molar-refractivity contribution in [3.05, 3.63) is 94.0 Å². The van der Waals surface area contributed by atoms with Crippen LogP contribution in [0.3, 0.4) is 0 Å². The van der Waals surface area contributed by atoms with Crippen molar-refractivity contribution in [2.24, 2.45) is 5.10 Å². The molecule has 0 unspecified atom stereocenters. The molecule has 0 bridgehead atoms. The number of carbonyl (C=O) groups excluding carboxylic acids is 3. The van der Waals surface area contributed by atoms with Gasteiger partial charge < -0.3 is 10.1 Å². The van der Waals surface area contributed by atoms with Gasteiger partial charge in [-0.05, 0) is 73.9 Å². The van der Waals surface area contributed by atoms with Crippen LogP contribution in [0, 0.1) is 13.8 Å². The Balaban J connectivity index is 1.60. The van der Waals surface area contributed by atoms with Gasteiger partial charge >= 0.3 is 17.8 Å². The fourth-order valence-corrected chi connectivity index (χ4v) is 3.20. The molecule has 0 saturated carbocycles. The normalized spacial score (nSPS) is 11.0. The number of esters is 1. The lowest BCUT2D eigenvalue weighted by atomic mass is 10.1. The third kappa shape index (κ3) is 6.05.